The number of carbonyl (C=O) groups is 1. The molecule has 2 N–H and O–H groups in total. The van der Waals surface area contributed by atoms with Crippen LogP contribution < -0.4 is 24.8 Å². The molecule has 3 rings (SSSR count). The van der Waals surface area contributed by atoms with Crippen molar-refractivity contribution < 1.29 is 19.0 Å². The van der Waals surface area contributed by atoms with E-state index >= 15 is 0 Å². The van der Waals surface area contributed by atoms with Gasteiger partial charge in [-0.15, -0.1) is 0 Å². The van der Waals surface area contributed by atoms with Gasteiger partial charge in [0.25, 0.3) is 0 Å². The zero-order valence-corrected chi connectivity index (χ0v) is 14.2. The molecular formula is C18H26N2O4. The molecule has 2 aliphatic heterocycles. The molecule has 1 aromatic carbocycles. The minimum Gasteiger partial charge on any atom is -0.492 e. The Labute approximate surface area is 142 Å². The number of amides is 1. The van der Waals surface area contributed by atoms with Gasteiger partial charge in [0, 0.05) is 12.5 Å². The van der Waals surface area contributed by atoms with E-state index in [4.69, 9.17) is 14.2 Å². The van der Waals surface area contributed by atoms with Crippen molar-refractivity contribution in [1.29, 1.82) is 0 Å². The lowest BCUT2D eigenvalue weighted by Gasteiger charge is -2.28. The molecule has 2 atom stereocenters. The summed E-state index contributed by atoms with van der Waals surface area (Å²) in [6.45, 7) is 5.49. The predicted octanol–water partition coefficient (Wildman–Crippen LogP) is 1.94. The Morgan fingerprint density at radius 3 is 3.12 bits per heavy atom. The first-order valence-corrected chi connectivity index (χ1v) is 8.72. The maximum atomic E-state index is 12.0. The van der Waals surface area contributed by atoms with Gasteiger partial charge in [0.2, 0.25) is 12.7 Å². The Morgan fingerprint density at radius 2 is 2.29 bits per heavy atom. The van der Waals surface area contributed by atoms with Crippen LogP contribution in [0.1, 0.15) is 26.2 Å². The van der Waals surface area contributed by atoms with Crippen molar-refractivity contribution in [2.45, 2.75) is 26.2 Å². The molecule has 0 saturated carbocycles. The molecule has 132 valence electrons. The first kappa shape index (κ1) is 16.9. The third kappa shape index (κ3) is 4.54. The van der Waals surface area contributed by atoms with Crippen molar-refractivity contribution in [3.63, 3.8) is 0 Å². The number of rotatable bonds is 7. The van der Waals surface area contributed by atoms with Crippen LogP contribution in [0.15, 0.2) is 18.2 Å². The van der Waals surface area contributed by atoms with E-state index in [2.05, 4.69) is 17.6 Å². The monoisotopic (exact) mass is 334 g/mol. The third-order valence-electron chi connectivity index (χ3n) is 4.68. The quantitative estimate of drug-likeness (QED) is 0.746. The van der Waals surface area contributed by atoms with E-state index in [9.17, 15) is 4.79 Å². The van der Waals surface area contributed by atoms with Gasteiger partial charge in [-0.25, -0.2) is 0 Å². The number of nitrogens with one attached hydrogen (secondary N) is 2. The van der Waals surface area contributed by atoms with Gasteiger partial charge in [0.1, 0.15) is 12.4 Å². The fourth-order valence-corrected chi connectivity index (χ4v) is 3.22. The van der Waals surface area contributed by atoms with Crippen LogP contribution in [0.4, 0.5) is 0 Å². The van der Waals surface area contributed by atoms with E-state index in [0.29, 0.717) is 37.2 Å². The summed E-state index contributed by atoms with van der Waals surface area (Å²) in [4.78, 5) is 12.0. The largest absolute Gasteiger partial charge is 0.492 e. The molecule has 0 radical (unpaired) electrons. The van der Waals surface area contributed by atoms with Gasteiger partial charge in [0.05, 0.1) is 6.54 Å². The molecule has 1 saturated heterocycles. The molecule has 1 fully saturated rings. The van der Waals surface area contributed by atoms with Crippen molar-refractivity contribution >= 4 is 5.91 Å². The molecule has 6 heteroatoms. The second-order valence-electron chi connectivity index (χ2n) is 6.50. The lowest BCUT2D eigenvalue weighted by molar-refractivity contribution is -0.122. The van der Waals surface area contributed by atoms with Crippen LogP contribution in [-0.4, -0.2) is 38.9 Å². The third-order valence-corrected chi connectivity index (χ3v) is 4.68. The Bertz CT molecular complexity index is 558. The van der Waals surface area contributed by atoms with Crippen molar-refractivity contribution in [3.8, 4) is 17.2 Å². The SMILES string of the molecule is CC(CC(=O)NCCOc1ccc2c(c1)OCO2)C1CCCNC1. The molecule has 0 aliphatic carbocycles. The zero-order chi connectivity index (χ0) is 16.8. The summed E-state index contributed by atoms with van der Waals surface area (Å²) < 4.78 is 16.2. The van der Waals surface area contributed by atoms with E-state index in [1.54, 1.807) is 0 Å². The molecule has 2 aliphatic rings. The first-order valence-electron chi connectivity index (χ1n) is 8.72. The summed E-state index contributed by atoms with van der Waals surface area (Å²) in [6.07, 6.45) is 3.01. The van der Waals surface area contributed by atoms with Crippen LogP contribution >= 0.6 is 0 Å². The normalized spacial score (nSPS) is 20.5. The lowest BCUT2D eigenvalue weighted by atomic mass is 9.85. The van der Waals surface area contributed by atoms with E-state index in [1.807, 2.05) is 18.2 Å². The van der Waals surface area contributed by atoms with Crippen LogP contribution in [0.3, 0.4) is 0 Å². The van der Waals surface area contributed by atoms with Gasteiger partial charge in [-0.2, -0.15) is 0 Å². The summed E-state index contributed by atoms with van der Waals surface area (Å²) in [6, 6.07) is 5.48. The fourth-order valence-electron chi connectivity index (χ4n) is 3.22. The summed E-state index contributed by atoms with van der Waals surface area (Å²) in [5.74, 6) is 3.27. The molecule has 0 aromatic heterocycles. The van der Waals surface area contributed by atoms with E-state index < -0.39 is 0 Å². The van der Waals surface area contributed by atoms with E-state index in [0.717, 1.165) is 24.6 Å². The Balaban J connectivity index is 1.33. The molecule has 2 unspecified atom stereocenters. The maximum absolute atomic E-state index is 12.0. The van der Waals surface area contributed by atoms with Gasteiger partial charge in [0.15, 0.2) is 11.5 Å². The molecule has 1 aromatic rings. The smallest absolute Gasteiger partial charge is 0.231 e. The van der Waals surface area contributed by atoms with Gasteiger partial charge in [-0.05, 0) is 49.9 Å². The second-order valence-corrected chi connectivity index (χ2v) is 6.50. The van der Waals surface area contributed by atoms with Crippen LogP contribution in [0, 0.1) is 11.8 Å². The second kappa shape index (κ2) is 8.24. The summed E-state index contributed by atoms with van der Waals surface area (Å²) in [5.41, 5.74) is 0. The number of hydrogen-bond donors (Lipinski definition) is 2. The maximum Gasteiger partial charge on any atom is 0.231 e. The minimum absolute atomic E-state index is 0.0994. The summed E-state index contributed by atoms with van der Waals surface area (Å²) >= 11 is 0. The van der Waals surface area contributed by atoms with Crippen LogP contribution in [-0.2, 0) is 4.79 Å². The van der Waals surface area contributed by atoms with Crippen molar-refractivity contribution in [2.75, 3.05) is 33.0 Å². The molecule has 2 heterocycles. The highest BCUT2D eigenvalue weighted by atomic mass is 16.7. The van der Waals surface area contributed by atoms with Crippen molar-refractivity contribution in [3.05, 3.63) is 18.2 Å². The number of fused-ring (bicyclic) bond motifs is 1. The number of benzene rings is 1. The van der Waals surface area contributed by atoms with E-state index in [1.165, 1.54) is 12.8 Å². The Hall–Kier alpha value is -1.95. The number of hydrogen-bond acceptors (Lipinski definition) is 5. The van der Waals surface area contributed by atoms with Crippen molar-refractivity contribution in [2.24, 2.45) is 11.8 Å². The van der Waals surface area contributed by atoms with Gasteiger partial charge < -0.3 is 24.8 Å². The average Bonchev–Trinajstić information content (AvgIpc) is 3.07. The summed E-state index contributed by atoms with van der Waals surface area (Å²) in [5, 5.41) is 6.34. The van der Waals surface area contributed by atoms with Crippen LogP contribution in [0.5, 0.6) is 17.2 Å². The van der Waals surface area contributed by atoms with Crippen molar-refractivity contribution in [1.82, 2.24) is 10.6 Å². The zero-order valence-electron chi connectivity index (χ0n) is 14.2. The molecule has 0 bridgehead atoms. The van der Waals surface area contributed by atoms with Gasteiger partial charge in [-0.1, -0.05) is 6.92 Å². The van der Waals surface area contributed by atoms with Gasteiger partial charge >= 0.3 is 0 Å². The standard InChI is InChI=1S/C18H26N2O4/c1-13(14-3-2-6-19-11-14)9-18(21)20-7-8-22-15-4-5-16-17(10-15)24-12-23-16/h4-5,10,13-14,19H,2-3,6-9,11-12H2,1H3,(H,20,21). The number of ether oxygens (including phenoxy) is 3. The Morgan fingerprint density at radius 1 is 1.42 bits per heavy atom. The fraction of sp³-hybridized carbons (Fsp3) is 0.611. The lowest BCUT2D eigenvalue weighted by Crippen LogP contribution is -2.36. The average molecular weight is 334 g/mol. The molecule has 24 heavy (non-hydrogen) atoms. The Kier molecular flexibility index (Phi) is 5.80. The topological polar surface area (TPSA) is 68.8 Å². The van der Waals surface area contributed by atoms with Crippen LogP contribution in [0.25, 0.3) is 0 Å². The highest BCUT2D eigenvalue weighted by molar-refractivity contribution is 5.76. The molecular weight excluding hydrogens is 308 g/mol. The first-order chi connectivity index (χ1) is 11.7. The number of piperidine rings is 1. The van der Waals surface area contributed by atoms with Crippen LogP contribution in [0.2, 0.25) is 0 Å². The molecule has 6 nitrogen and oxygen atoms in total. The highest BCUT2D eigenvalue weighted by Crippen LogP contribution is 2.35. The van der Waals surface area contributed by atoms with Gasteiger partial charge in [-0.3, -0.25) is 4.79 Å². The number of carbonyl (C=O) groups excluding carboxylic acids is 1. The highest BCUT2D eigenvalue weighted by Gasteiger charge is 2.21. The molecule has 1 amide bonds. The summed E-state index contributed by atoms with van der Waals surface area (Å²) in [7, 11) is 0. The van der Waals surface area contributed by atoms with E-state index in [-0.39, 0.29) is 12.7 Å². The minimum atomic E-state index is 0.0994. The predicted molar refractivity (Wildman–Crippen MR) is 90.4 cm³/mol. The molecule has 0 spiro atoms.